The normalized spacial score (nSPS) is 11.5. The number of carbonyl (C=O) groups is 1. The second kappa shape index (κ2) is 5.82. The number of halogens is 3. The molecule has 23 heavy (non-hydrogen) atoms. The maximum absolute atomic E-state index is 13.2. The smallest absolute Gasteiger partial charge is 0.417 e. The predicted molar refractivity (Wildman–Crippen MR) is 73.9 cm³/mol. The largest absolute Gasteiger partial charge is 0.493 e. The third kappa shape index (κ3) is 3.08. The van der Waals surface area contributed by atoms with E-state index in [9.17, 15) is 22.8 Å². The molecule has 0 spiro atoms. The number of aromatic nitrogens is 1. The Balaban J connectivity index is 2.96. The molecule has 0 fully saturated rings. The average molecular weight is 331 g/mol. The second-order valence-electron chi connectivity index (χ2n) is 4.60. The molecule has 0 bridgehead atoms. The van der Waals surface area contributed by atoms with E-state index in [-0.39, 0.29) is 22.4 Å². The van der Waals surface area contributed by atoms with Crippen LogP contribution in [-0.4, -0.2) is 29.9 Å². The maximum Gasteiger partial charge on any atom is 0.417 e. The van der Waals surface area contributed by atoms with Crippen LogP contribution in [0.1, 0.15) is 5.56 Å². The zero-order chi connectivity index (χ0) is 17.4. The van der Waals surface area contributed by atoms with Gasteiger partial charge >= 0.3 is 12.1 Å². The molecule has 124 valence electrons. The molecule has 0 atom stereocenters. The molecule has 0 aliphatic carbocycles. The maximum atomic E-state index is 13.2. The SMILES string of the molecule is COc1cc2c(C(F)(F)F)cc(=O)n(CC(=O)O)c2cc1OC. The molecule has 0 saturated heterocycles. The number of carboxylic acids is 1. The summed E-state index contributed by atoms with van der Waals surface area (Å²) in [4.78, 5) is 22.8. The number of hydrogen-bond acceptors (Lipinski definition) is 4. The van der Waals surface area contributed by atoms with Gasteiger partial charge in [0.05, 0.1) is 25.3 Å². The van der Waals surface area contributed by atoms with E-state index < -0.39 is 29.8 Å². The summed E-state index contributed by atoms with van der Waals surface area (Å²) in [6, 6.07) is 2.58. The summed E-state index contributed by atoms with van der Waals surface area (Å²) in [5, 5.41) is 8.52. The van der Waals surface area contributed by atoms with E-state index in [2.05, 4.69) is 0 Å². The molecule has 0 amide bonds. The minimum Gasteiger partial charge on any atom is -0.493 e. The lowest BCUT2D eigenvalue weighted by Crippen LogP contribution is -2.26. The first-order valence-electron chi connectivity index (χ1n) is 6.27. The lowest BCUT2D eigenvalue weighted by molar-refractivity contribution is -0.137. The van der Waals surface area contributed by atoms with Crippen LogP contribution in [-0.2, 0) is 17.5 Å². The second-order valence-corrected chi connectivity index (χ2v) is 4.60. The van der Waals surface area contributed by atoms with Gasteiger partial charge in [-0.3, -0.25) is 14.2 Å². The van der Waals surface area contributed by atoms with Gasteiger partial charge in [0.1, 0.15) is 6.54 Å². The summed E-state index contributed by atoms with van der Waals surface area (Å²) in [5.74, 6) is -1.24. The number of fused-ring (bicyclic) bond motifs is 1. The van der Waals surface area contributed by atoms with Crippen molar-refractivity contribution < 1.29 is 32.5 Å². The van der Waals surface area contributed by atoms with Gasteiger partial charge in [-0.2, -0.15) is 13.2 Å². The monoisotopic (exact) mass is 331 g/mol. The van der Waals surface area contributed by atoms with Crippen molar-refractivity contribution >= 4 is 16.9 Å². The molecule has 9 heteroatoms. The van der Waals surface area contributed by atoms with Crippen molar-refractivity contribution in [2.24, 2.45) is 0 Å². The number of ether oxygens (including phenoxy) is 2. The Morgan fingerprint density at radius 3 is 2.22 bits per heavy atom. The number of benzene rings is 1. The molecule has 0 aliphatic heterocycles. The molecule has 1 aromatic heterocycles. The molecule has 6 nitrogen and oxygen atoms in total. The highest BCUT2D eigenvalue weighted by Crippen LogP contribution is 2.38. The third-order valence-electron chi connectivity index (χ3n) is 3.22. The topological polar surface area (TPSA) is 77.8 Å². The van der Waals surface area contributed by atoms with Gasteiger partial charge in [-0.15, -0.1) is 0 Å². The first-order valence-corrected chi connectivity index (χ1v) is 6.27. The third-order valence-corrected chi connectivity index (χ3v) is 3.22. The quantitative estimate of drug-likeness (QED) is 0.928. The van der Waals surface area contributed by atoms with Crippen molar-refractivity contribution in [3.8, 4) is 11.5 Å². The highest BCUT2D eigenvalue weighted by atomic mass is 19.4. The number of hydrogen-bond donors (Lipinski definition) is 1. The summed E-state index contributed by atoms with van der Waals surface area (Å²) in [5.41, 5.74) is -2.44. The van der Waals surface area contributed by atoms with E-state index in [4.69, 9.17) is 14.6 Å². The van der Waals surface area contributed by atoms with Crippen molar-refractivity contribution in [3.05, 3.63) is 34.1 Å². The van der Waals surface area contributed by atoms with Crippen LogP contribution in [0.5, 0.6) is 11.5 Å². The van der Waals surface area contributed by atoms with Gasteiger partial charge in [0, 0.05) is 17.5 Å². The molecule has 2 aromatic rings. The van der Waals surface area contributed by atoms with E-state index in [1.54, 1.807) is 0 Å². The van der Waals surface area contributed by atoms with Gasteiger partial charge in [-0.05, 0) is 6.07 Å². The summed E-state index contributed by atoms with van der Waals surface area (Å²) in [6.45, 7) is -0.775. The number of nitrogens with zero attached hydrogens (tertiary/aromatic N) is 1. The molecular weight excluding hydrogens is 319 g/mol. The standard InChI is InChI=1S/C14H12F3NO5/c1-22-10-3-7-8(14(15,16)17)4-12(19)18(6-13(20)21)9(7)5-11(10)23-2/h3-5H,6H2,1-2H3,(H,20,21). The zero-order valence-corrected chi connectivity index (χ0v) is 12.1. The van der Waals surface area contributed by atoms with Crippen LogP contribution in [0.25, 0.3) is 10.9 Å². The van der Waals surface area contributed by atoms with Gasteiger partial charge in [0.25, 0.3) is 5.56 Å². The molecule has 1 aromatic carbocycles. The van der Waals surface area contributed by atoms with Crippen LogP contribution in [0.15, 0.2) is 23.0 Å². The van der Waals surface area contributed by atoms with E-state index in [1.165, 1.54) is 14.2 Å². The van der Waals surface area contributed by atoms with Gasteiger partial charge in [-0.1, -0.05) is 0 Å². The van der Waals surface area contributed by atoms with Crippen LogP contribution in [0.4, 0.5) is 13.2 Å². The Labute approximate surface area is 127 Å². The Kier molecular flexibility index (Phi) is 4.22. The molecule has 1 heterocycles. The average Bonchev–Trinajstić information content (AvgIpc) is 2.47. The Morgan fingerprint density at radius 1 is 1.17 bits per heavy atom. The number of rotatable bonds is 4. The fourth-order valence-electron chi connectivity index (χ4n) is 2.24. The number of aliphatic carboxylic acids is 1. The zero-order valence-electron chi connectivity index (χ0n) is 12.1. The summed E-state index contributed by atoms with van der Waals surface area (Å²) in [6.07, 6.45) is -4.78. The molecular formula is C14H12F3NO5. The lowest BCUT2D eigenvalue weighted by Gasteiger charge is -2.16. The van der Waals surface area contributed by atoms with Crippen molar-refractivity contribution in [1.82, 2.24) is 4.57 Å². The highest BCUT2D eigenvalue weighted by molar-refractivity contribution is 5.87. The molecule has 0 aliphatic rings. The van der Waals surface area contributed by atoms with E-state index in [0.717, 1.165) is 16.7 Å². The molecule has 0 saturated carbocycles. The van der Waals surface area contributed by atoms with Crippen molar-refractivity contribution in [1.29, 1.82) is 0 Å². The van der Waals surface area contributed by atoms with Crippen molar-refractivity contribution in [3.63, 3.8) is 0 Å². The minimum atomic E-state index is -4.78. The van der Waals surface area contributed by atoms with Gasteiger partial charge in [-0.25, -0.2) is 0 Å². The number of alkyl halides is 3. The van der Waals surface area contributed by atoms with Crippen LogP contribution < -0.4 is 15.0 Å². The van der Waals surface area contributed by atoms with Crippen molar-refractivity contribution in [2.75, 3.05) is 14.2 Å². The van der Waals surface area contributed by atoms with Crippen LogP contribution in [0, 0.1) is 0 Å². The summed E-state index contributed by atoms with van der Waals surface area (Å²) < 4.78 is 50.2. The highest BCUT2D eigenvalue weighted by Gasteiger charge is 2.34. The number of methoxy groups -OCH3 is 2. The fraction of sp³-hybridized carbons (Fsp3) is 0.286. The number of pyridine rings is 1. The Hall–Kier alpha value is -2.71. The van der Waals surface area contributed by atoms with Gasteiger partial charge < -0.3 is 14.6 Å². The number of carboxylic acid groups (broad SMARTS) is 1. The first-order chi connectivity index (χ1) is 10.7. The Bertz CT molecular complexity index is 826. The van der Waals surface area contributed by atoms with E-state index >= 15 is 0 Å². The first kappa shape index (κ1) is 16.7. The minimum absolute atomic E-state index is 0.0334. The van der Waals surface area contributed by atoms with Gasteiger partial charge in [0.2, 0.25) is 0 Å². The fourth-order valence-corrected chi connectivity index (χ4v) is 2.24. The van der Waals surface area contributed by atoms with E-state index in [0.29, 0.717) is 6.07 Å². The van der Waals surface area contributed by atoms with Crippen LogP contribution >= 0.6 is 0 Å². The van der Waals surface area contributed by atoms with Gasteiger partial charge in [0.15, 0.2) is 11.5 Å². The summed E-state index contributed by atoms with van der Waals surface area (Å²) >= 11 is 0. The van der Waals surface area contributed by atoms with E-state index in [1.807, 2.05) is 0 Å². The molecule has 1 N–H and O–H groups in total. The van der Waals surface area contributed by atoms with Crippen molar-refractivity contribution in [2.45, 2.75) is 12.7 Å². The van der Waals surface area contributed by atoms with Crippen LogP contribution in [0.2, 0.25) is 0 Å². The lowest BCUT2D eigenvalue weighted by atomic mass is 10.1. The molecule has 2 rings (SSSR count). The molecule has 0 unspecified atom stereocenters. The predicted octanol–water partition coefficient (Wildman–Crippen LogP) is 2.12. The Morgan fingerprint density at radius 2 is 1.74 bits per heavy atom. The van der Waals surface area contributed by atoms with Crippen LogP contribution in [0.3, 0.4) is 0 Å². The molecule has 0 radical (unpaired) electrons. The summed E-state index contributed by atoms with van der Waals surface area (Å²) in [7, 11) is 2.53.